The Bertz CT molecular complexity index is 1300. The lowest BCUT2D eigenvalue weighted by atomic mass is 9.41. The van der Waals surface area contributed by atoms with Gasteiger partial charge >= 0.3 is 5.97 Å². The number of aromatic hydroxyl groups is 1. The number of allylic oxidation sites excluding steroid dienone is 2. The Labute approximate surface area is 255 Å². The molecular weight excluding hydrogens is 516 g/mol. The van der Waals surface area contributed by atoms with E-state index in [2.05, 4.69) is 54.5 Å². The summed E-state index contributed by atoms with van der Waals surface area (Å²) in [5.41, 5.74) is 4.87. The normalized spacial score (nSPS) is 40.6. The second kappa shape index (κ2) is 10.00. The molecule has 0 radical (unpaired) electrons. The third-order valence-corrected chi connectivity index (χ3v) is 14.4. The van der Waals surface area contributed by atoms with Gasteiger partial charge in [0, 0.05) is 11.5 Å². The maximum Gasteiger partial charge on any atom is 0.328 e. The number of carboxylic acid groups (broad SMARTS) is 1. The lowest BCUT2D eigenvalue weighted by Crippen LogP contribution is -2.56. The Hall–Kier alpha value is -2.03. The zero-order valence-corrected chi connectivity index (χ0v) is 27.4. The standard InChI is InChI=1S/C39H56O3/c1-25(2)9-8-10-26(3)30-18-20-37(7)33-15-14-32-35(4,5)19-17-31(39(32)24-38(33,39)22-21-36(30,37)6)29-23-28(40)13-11-27(29)12-16-34(41)42/h11-13,16-17,23,25-26,30,32-33,40H,8-10,14-15,18-22,24H2,1-7H3,(H,41,42)/b16-12+/t26-,30-,32+,33+,36-,37+,38+,39+/m1/s1. The van der Waals surface area contributed by atoms with Crippen LogP contribution in [0.4, 0.5) is 0 Å². The van der Waals surface area contributed by atoms with Gasteiger partial charge in [-0.1, -0.05) is 79.9 Å². The molecule has 1 aromatic rings. The summed E-state index contributed by atoms with van der Waals surface area (Å²) in [7, 11) is 0. The molecule has 6 rings (SSSR count). The average Bonchev–Trinajstić information content (AvgIpc) is 3.50. The summed E-state index contributed by atoms with van der Waals surface area (Å²) in [4.78, 5) is 11.5. The van der Waals surface area contributed by atoms with E-state index in [0.717, 1.165) is 41.2 Å². The van der Waals surface area contributed by atoms with Crippen molar-refractivity contribution in [2.45, 2.75) is 119 Å². The van der Waals surface area contributed by atoms with Crippen molar-refractivity contribution in [2.75, 3.05) is 0 Å². The van der Waals surface area contributed by atoms with Crippen LogP contribution in [0, 0.1) is 56.7 Å². The minimum absolute atomic E-state index is 0.128. The van der Waals surface area contributed by atoms with Crippen molar-refractivity contribution in [3.63, 3.8) is 0 Å². The van der Waals surface area contributed by atoms with Crippen LogP contribution >= 0.6 is 0 Å². The molecule has 4 fully saturated rings. The van der Waals surface area contributed by atoms with E-state index in [-0.39, 0.29) is 16.6 Å². The van der Waals surface area contributed by atoms with Crippen LogP contribution in [0.1, 0.15) is 130 Å². The molecule has 0 saturated heterocycles. The van der Waals surface area contributed by atoms with E-state index >= 15 is 0 Å². The van der Waals surface area contributed by atoms with Gasteiger partial charge in [0.25, 0.3) is 0 Å². The highest BCUT2D eigenvalue weighted by Crippen LogP contribution is 2.90. The predicted molar refractivity (Wildman–Crippen MR) is 173 cm³/mol. The van der Waals surface area contributed by atoms with E-state index in [1.807, 2.05) is 12.1 Å². The van der Waals surface area contributed by atoms with Crippen LogP contribution < -0.4 is 0 Å². The maximum absolute atomic E-state index is 11.5. The van der Waals surface area contributed by atoms with Gasteiger partial charge < -0.3 is 10.2 Å². The summed E-state index contributed by atoms with van der Waals surface area (Å²) in [6, 6.07) is 5.54. The molecule has 0 aromatic heterocycles. The van der Waals surface area contributed by atoms with E-state index in [4.69, 9.17) is 0 Å². The first-order chi connectivity index (χ1) is 19.7. The Morgan fingerprint density at radius 2 is 1.71 bits per heavy atom. The van der Waals surface area contributed by atoms with Gasteiger partial charge in [0.1, 0.15) is 5.75 Å². The van der Waals surface area contributed by atoms with Gasteiger partial charge in [0.2, 0.25) is 0 Å². The number of carbonyl (C=O) groups is 1. The Morgan fingerprint density at radius 1 is 0.976 bits per heavy atom. The van der Waals surface area contributed by atoms with Crippen molar-refractivity contribution >= 4 is 17.6 Å². The molecule has 5 aliphatic rings. The molecule has 42 heavy (non-hydrogen) atoms. The van der Waals surface area contributed by atoms with Crippen LogP contribution in [-0.4, -0.2) is 16.2 Å². The molecule has 3 heteroatoms. The van der Waals surface area contributed by atoms with Gasteiger partial charge in [-0.05, 0) is 138 Å². The van der Waals surface area contributed by atoms with Gasteiger partial charge in [-0.2, -0.15) is 0 Å². The quantitative estimate of drug-likeness (QED) is 0.305. The van der Waals surface area contributed by atoms with Crippen LogP contribution in [0.15, 0.2) is 30.4 Å². The first-order valence-electron chi connectivity index (χ1n) is 17.2. The van der Waals surface area contributed by atoms with Gasteiger partial charge in [0.15, 0.2) is 0 Å². The molecule has 0 heterocycles. The molecule has 8 atom stereocenters. The summed E-state index contributed by atoms with van der Waals surface area (Å²) < 4.78 is 0. The molecular formula is C39H56O3. The SMILES string of the molecule is CC(C)CCC[C@@H](C)[C@H]1CC[C@@]2(C)[C@@H]3CC[C@H]4C(C)(C)CC=C(c5cc(O)ccc5/C=C/C(=O)O)[C@@]45C[C@@]35CC[C@]12C. The zero-order valence-electron chi connectivity index (χ0n) is 27.4. The van der Waals surface area contributed by atoms with Gasteiger partial charge in [-0.15, -0.1) is 0 Å². The number of benzene rings is 1. The molecule has 3 nitrogen and oxygen atoms in total. The van der Waals surface area contributed by atoms with E-state index in [9.17, 15) is 15.0 Å². The summed E-state index contributed by atoms with van der Waals surface area (Å²) in [5, 5.41) is 20.1. The second-order valence-corrected chi connectivity index (χ2v) is 17.0. The molecule has 0 amide bonds. The van der Waals surface area contributed by atoms with Crippen LogP contribution in [-0.2, 0) is 4.79 Å². The lowest BCUT2D eigenvalue weighted by molar-refractivity contribution is -0.131. The fourth-order valence-corrected chi connectivity index (χ4v) is 12.3. The highest BCUT2D eigenvalue weighted by atomic mass is 16.4. The maximum atomic E-state index is 11.5. The van der Waals surface area contributed by atoms with Crippen LogP contribution in [0.5, 0.6) is 5.75 Å². The molecule has 2 N–H and O–H groups in total. The van der Waals surface area contributed by atoms with Crippen LogP contribution in [0.25, 0.3) is 11.6 Å². The van der Waals surface area contributed by atoms with Crippen LogP contribution in [0.3, 0.4) is 0 Å². The molecule has 5 aliphatic carbocycles. The largest absolute Gasteiger partial charge is 0.508 e. The van der Waals surface area contributed by atoms with E-state index < -0.39 is 5.97 Å². The number of hydrogen-bond donors (Lipinski definition) is 2. The minimum Gasteiger partial charge on any atom is -0.508 e. The van der Waals surface area contributed by atoms with Crippen molar-refractivity contribution in [1.29, 1.82) is 0 Å². The number of carboxylic acids is 1. The third-order valence-electron chi connectivity index (χ3n) is 14.4. The fraction of sp³-hybridized carbons (Fsp3) is 0.718. The summed E-state index contributed by atoms with van der Waals surface area (Å²) in [6.45, 7) is 17.7. The summed E-state index contributed by atoms with van der Waals surface area (Å²) >= 11 is 0. The fourth-order valence-electron chi connectivity index (χ4n) is 12.3. The van der Waals surface area contributed by atoms with Crippen molar-refractivity contribution in [2.24, 2.45) is 56.7 Å². The van der Waals surface area contributed by atoms with Gasteiger partial charge in [0.05, 0.1) is 0 Å². The summed E-state index contributed by atoms with van der Waals surface area (Å²) in [6.07, 6.45) is 20.0. The number of rotatable bonds is 8. The number of phenols is 1. The molecule has 2 spiro atoms. The topological polar surface area (TPSA) is 57.5 Å². The first-order valence-corrected chi connectivity index (χ1v) is 17.2. The number of aliphatic carboxylic acids is 1. The van der Waals surface area contributed by atoms with Crippen molar-refractivity contribution in [3.8, 4) is 5.75 Å². The van der Waals surface area contributed by atoms with Gasteiger partial charge in [-0.25, -0.2) is 4.79 Å². The number of hydrogen-bond acceptors (Lipinski definition) is 2. The van der Waals surface area contributed by atoms with Crippen molar-refractivity contribution < 1.29 is 15.0 Å². The van der Waals surface area contributed by atoms with E-state index in [0.29, 0.717) is 22.2 Å². The molecule has 0 unspecified atom stereocenters. The van der Waals surface area contributed by atoms with E-state index in [1.165, 1.54) is 75.9 Å². The predicted octanol–water partition coefficient (Wildman–Crippen LogP) is 10.4. The Morgan fingerprint density at radius 3 is 2.43 bits per heavy atom. The minimum atomic E-state index is -0.932. The average molecular weight is 573 g/mol. The molecule has 230 valence electrons. The van der Waals surface area contributed by atoms with Crippen molar-refractivity contribution in [3.05, 3.63) is 41.5 Å². The second-order valence-electron chi connectivity index (χ2n) is 17.0. The Balaban J connectivity index is 1.38. The van der Waals surface area contributed by atoms with Crippen LogP contribution in [0.2, 0.25) is 0 Å². The lowest BCUT2D eigenvalue weighted by Gasteiger charge is -2.63. The Kier molecular flexibility index (Phi) is 7.14. The first kappa shape index (κ1) is 30.0. The molecule has 1 aromatic carbocycles. The smallest absolute Gasteiger partial charge is 0.328 e. The zero-order chi connectivity index (χ0) is 30.3. The third kappa shape index (κ3) is 4.14. The van der Waals surface area contributed by atoms with Crippen molar-refractivity contribution in [1.82, 2.24) is 0 Å². The monoisotopic (exact) mass is 572 g/mol. The molecule has 0 bridgehead atoms. The van der Waals surface area contributed by atoms with Gasteiger partial charge in [-0.3, -0.25) is 0 Å². The van der Waals surface area contributed by atoms with E-state index in [1.54, 1.807) is 12.1 Å². The number of fused-ring (bicyclic) bond motifs is 2. The highest BCUT2D eigenvalue weighted by molar-refractivity contribution is 5.89. The molecule has 4 saturated carbocycles. The number of phenolic OH excluding ortho intramolecular Hbond substituents is 1. The highest BCUT2D eigenvalue weighted by Gasteiger charge is 2.82. The molecule has 0 aliphatic heterocycles. The summed E-state index contributed by atoms with van der Waals surface area (Å²) in [5.74, 6) is 3.13.